The van der Waals surface area contributed by atoms with E-state index in [2.05, 4.69) is 9.97 Å². The number of piperidine rings is 1. The van der Waals surface area contributed by atoms with Crippen LogP contribution < -0.4 is 5.73 Å². The second-order valence-corrected chi connectivity index (χ2v) is 7.82. The van der Waals surface area contributed by atoms with Crippen LogP contribution in [0, 0.1) is 11.8 Å². The number of hydrogen-bond acceptors (Lipinski definition) is 4. The fourth-order valence-electron chi connectivity index (χ4n) is 4.32. The van der Waals surface area contributed by atoms with Crippen LogP contribution in [0.4, 0.5) is 40.9 Å². The Morgan fingerprint density at radius 1 is 1.10 bits per heavy atom. The Morgan fingerprint density at radius 3 is 2.29 bits per heavy atom. The summed E-state index contributed by atoms with van der Waals surface area (Å²) in [6.07, 6.45) is -10.9. The van der Waals surface area contributed by atoms with E-state index in [0.717, 1.165) is 6.20 Å². The number of imidazole rings is 1. The minimum atomic E-state index is -4.79. The molecule has 5 nitrogen and oxygen atoms in total. The molecule has 1 unspecified atom stereocenters. The highest BCUT2D eigenvalue weighted by atomic mass is 19.4. The van der Waals surface area contributed by atoms with E-state index in [1.807, 2.05) is 0 Å². The Hall–Kier alpha value is -2.44. The third-order valence-electron chi connectivity index (χ3n) is 5.63. The fourth-order valence-corrected chi connectivity index (χ4v) is 4.32. The zero-order valence-electron chi connectivity index (χ0n) is 15.8. The molecule has 1 saturated carbocycles. The molecule has 3 atom stereocenters. The lowest BCUT2D eigenvalue weighted by molar-refractivity contribution is -0.137. The highest BCUT2D eigenvalue weighted by Gasteiger charge is 2.57. The maximum absolute atomic E-state index is 13.1. The van der Waals surface area contributed by atoms with Gasteiger partial charge in [-0.25, -0.2) is 18.7 Å². The van der Waals surface area contributed by atoms with E-state index in [4.69, 9.17) is 5.73 Å². The summed E-state index contributed by atoms with van der Waals surface area (Å²) in [5, 5.41) is 0. The van der Waals surface area contributed by atoms with Gasteiger partial charge in [0.15, 0.2) is 0 Å². The van der Waals surface area contributed by atoms with Gasteiger partial charge in [-0.2, -0.15) is 26.3 Å². The van der Waals surface area contributed by atoms with Crippen molar-refractivity contribution in [2.45, 2.75) is 31.2 Å². The molecule has 0 aromatic carbocycles. The van der Waals surface area contributed by atoms with Gasteiger partial charge in [-0.3, -0.25) is 4.90 Å². The second kappa shape index (κ2) is 7.31. The van der Waals surface area contributed by atoms with Crippen LogP contribution in [0.15, 0.2) is 18.5 Å². The molecule has 0 amide bonds. The largest absolute Gasteiger partial charge is 0.419 e. The number of nitrogen functional groups attached to an aromatic ring is 1. The summed E-state index contributed by atoms with van der Waals surface area (Å²) >= 11 is 0. The van der Waals surface area contributed by atoms with Gasteiger partial charge < -0.3 is 10.3 Å². The van der Waals surface area contributed by atoms with Crippen LogP contribution >= 0.6 is 0 Å². The number of nitrogens with two attached hydrogens (primary N) is 1. The third kappa shape index (κ3) is 4.46. The molecule has 1 aliphatic carbocycles. The van der Waals surface area contributed by atoms with E-state index >= 15 is 0 Å². The summed E-state index contributed by atoms with van der Waals surface area (Å²) in [6.45, 7) is 0.238. The molecule has 3 heterocycles. The lowest BCUT2D eigenvalue weighted by Gasteiger charge is -2.20. The van der Waals surface area contributed by atoms with E-state index in [-0.39, 0.29) is 35.0 Å². The lowest BCUT2D eigenvalue weighted by atomic mass is 10.1. The first-order valence-electron chi connectivity index (χ1n) is 9.31. The monoisotopic (exact) mass is 455 g/mol. The molecule has 2 aromatic rings. The molecule has 2 fully saturated rings. The minimum Gasteiger partial charge on any atom is -0.383 e. The van der Waals surface area contributed by atoms with E-state index in [0.29, 0.717) is 19.2 Å². The molecule has 2 N–H and O–H groups in total. The zero-order valence-corrected chi connectivity index (χ0v) is 15.8. The Morgan fingerprint density at radius 2 is 1.74 bits per heavy atom. The third-order valence-corrected chi connectivity index (χ3v) is 5.63. The summed E-state index contributed by atoms with van der Waals surface area (Å²) in [7, 11) is 0. The van der Waals surface area contributed by atoms with Gasteiger partial charge >= 0.3 is 12.4 Å². The van der Waals surface area contributed by atoms with Crippen molar-refractivity contribution in [2.75, 3.05) is 25.4 Å². The average Bonchev–Trinajstić information content (AvgIpc) is 2.95. The van der Waals surface area contributed by atoms with E-state index < -0.39 is 43.1 Å². The molecule has 31 heavy (non-hydrogen) atoms. The number of aromatic nitrogens is 3. The smallest absolute Gasteiger partial charge is 0.383 e. The van der Waals surface area contributed by atoms with E-state index in [1.54, 1.807) is 4.90 Å². The molecular weight excluding hydrogens is 438 g/mol. The molecule has 0 spiro atoms. The first kappa shape index (κ1) is 21.8. The predicted molar refractivity (Wildman–Crippen MR) is 93.1 cm³/mol. The van der Waals surface area contributed by atoms with Crippen LogP contribution in [0.3, 0.4) is 0 Å². The van der Waals surface area contributed by atoms with Crippen LogP contribution in [0.1, 0.15) is 17.4 Å². The standard InChI is InChI=1S/C18H17F8N5/c19-13(20)7-30-4-9-10(5-30)15(9)31-6-12(29-14(31)2-17(21,22)23)8-1-11(18(24,25)26)16(27)28-3-8/h1,3,6,9-10,13,15H,2,4-5,7H2,(H2,27,28)/t9-,10+,15?. The Balaban J connectivity index is 1.64. The van der Waals surface area contributed by atoms with Crippen LogP contribution in [0.5, 0.6) is 0 Å². The minimum absolute atomic E-state index is 0.0911. The Bertz CT molecular complexity index is 955. The Kier molecular flexibility index (Phi) is 5.14. The summed E-state index contributed by atoms with van der Waals surface area (Å²) in [6, 6.07) is 0.334. The van der Waals surface area contributed by atoms with Gasteiger partial charge in [0.25, 0.3) is 6.43 Å². The van der Waals surface area contributed by atoms with Crippen LogP contribution in [-0.4, -0.2) is 51.7 Å². The summed E-state index contributed by atoms with van der Waals surface area (Å²) < 4.78 is 105. The van der Waals surface area contributed by atoms with E-state index in [1.165, 1.54) is 10.8 Å². The van der Waals surface area contributed by atoms with Crippen molar-refractivity contribution in [2.24, 2.45) is 11.8 Å². The number of anilines is 1. The number of fused-ring (bicyclic) bond motifs is 1. The zero-order chi connectivity index (χ0) is 22.7. The molecule has 13 heteroatoms. The lowest BCUT2D eigenvalue weighted by Crippen LogP contribution is -2.30. The fraction of sp³-hybridized carbons (Fsp3) is 0.556. The molecule has 1 aliphatic heterocycles. The van der Waals surface area contributed by atoms with Crippen molar-refractivity contribution >= 4 is 5.82 Å². The van der Waals surface area contributed by atoms with Crippen molar-refractivity contribution in [3.63, 3.8) is 0 Å². The van der Waals surface area contributed by atoms with E-state index in [9.17, 15) is 35.1 Å². The van der Waals surface area contributed by atoms with Crippen molar-refractivity contribution < 1.29 is 35.1 Å². The number of likely N-dealkylation sites (tertiary alicyclic amines) is 1. The number of halogens is 8. The highest BCUT2D eigenvalue weighted by molar-refractivity contribution is 5.62. The molecular formula is C18H17F8N5. The van der Waals surface area contributed by atoms with Gasteiger partial charge in [-0.1, -0.05) is 0 Å². The average molecular weight is 455 g/mol. The van der Waals surface area contributed by atoms with Gasteiger partial charge in [-0.15, -0.1) is 0 Å². The maximum Gasteiger partial charge on any atom is 0.419 e. The van der Waals surface area contributed by atoms with Crippen molar-refractivity contribution in [1.82, 2.24) is 19.4 Å². The maximum atomic E-state index is 13.1. The first-order chi connectivity index (χ1) is 14.3. The molecule has 1 saturated heterocycles. The first-order valence-corrected chi connectivity index (χ1v) is 9.31. The van der Waals surface area contributed by atoms with Gasteiger partial charge in [-0.05, 0) is 17.9 Å². The number of rotatable bonds is 5. The van der Waals surface area contributed by atoms with Crippen LogP contribution in [0.2, 0.25) is 0 Å². The van der Waals surface area contributed by atoms with Gasteiger partial charge in [0, 0.05) is 37.1 Å². The molecule has 0 bridgehead atoms. The van der Waals surface area contributed by atoms with Gasteiger partial charge in [0.05, 0.1) is 17.8 Å². The van der Waals surface area contributed by atoms with Crippen LogP contribution in [0.25, 0.3) is 11.3 Å². The van der Waals surface area contributed by atoms with Crippen molar-refractivity contribution in [3.05, 3.63) is 29.8 Å². The van der Waals surface area contributed by atoms with Crippen LogP contribution in [-0.2, 0) is 12.6 Å². The summed E-state index contributed by atoms with van der Waals surface area (Å²) in [5.74, 6) is -1.30. The molecule has 2 aliphatic rings. The molecule has 2 aromatic heterocycles. The quantitative estimate of drug-likeness (QED) is 0.693. The Labute approximate surface area is 170 Å². The SMILES string of the molecule is Nc1ncc(-c2cn(C3[C@H]4CN(CC(F)F)C[C@@H]34)c(CC(F)(F)F)n2)cc1C(F)(F)F. The van der Waals surface area contributed by atoms with Gasteiger partial charge in [0.2, 0.25) is 0 Å². The molecule has 0 radical (unpaired) electrons. The topological polar surface area (TPSA) is 60.0 Å². The van der Waals surface area contributed by atoms with Gasteiger partial charge in [0.1, 0.15) is 18.1 Å². The number of nitrogens with zero attached hydrogens (tertiary/aromatic N) is 4. The number of hydrogen-bond donors (Lipinski definition) is 1. The number of alkyl halides is 8. The normalized spacial score (nSPS) is 24.1. The predicted octanol–water partition coefficient (Wildman–Crippen LogP) is 4.02. The summed E-state index contributed by atoms with van der Waals surface area (Å²) in [5.41, 5.74) is 3.86. The molecule has 170 valence electrons. The van der Waals surface area contributed by atoms with Crippen molar-refractivity contribution in [3.8, 4) is 11.3 Å². The van der Waals surface area contributed by atoms with Crippen molar-refractivity contribution in [1.29, 1.82) is 0 Å². The number of pyridine rings is 1. The second-order valence-electron chi connectivity index (χ2n) is 7.82. The highest BCUT2D eigenvalue weighted by Crippen LogP contribution is 2.56. The molecule has 4 rings (SSSR count). The summed E-state index contributed by atoms with van der Waals surface area (Å²) in [4.78, 5) is 8.99.